The molecular formula is C20H42Cl2N2O3. The van der Waals surface area contributed by atoms with Gasteiger partial charge >= 0.3 is 0 Å². The number of ether oxygens (including phenoxy) is 2. The van der Waals surface area contributed by atoms with Gasteiger partial charge in [-0.15, -0.1) is 23.2 Å². The summed E-state index contributed by atoms with van der Waals surface area (Å²) in [6.07, 6.45) is 5.95. The second-order valence-electron chi connectivity index (χ2n) is 7.24. The Balaban J connectivity index is 0. The number of nitrogens with zero attached hydrogens (tertiary/aromatic N) is 1. The van der Waals surface area contributed by atoms with Crippen molar-refractivity contribution in [2.24, 2.45) is 11.8 Å². The summed E-state index contributed by atoms with van der Waals surface area (Å²) >= 11 is 11.5. The molecule has 0 saturated heterocycles. The summed E-state index contributed by atoms with van der Waals surface area (Å²) in [5, 5.41) is 3.12. The van der Waals surface area contributed by atoms with E-state index in [0.29, 0.717) is 31.0 Å². The lowest BCUT2D eigenvalue weighted by Gasteiger charge is -2.28. The van der Waals surface area contributed by atoms with Gasteiger partial charge in [0.2, 0.25) is 0 Å². The third kappa shape index (κ3) is 20.6. The average molecular weight is 429 g/mol. The number of hydrogen-bond donors (Lipinski definition) is 1. The predicted octanol–water partition coefficient (Wildman–Crippen LogP) is 4.36. The molecule has 0 aromatic carbocycles. The molecule has 0 bridgehead atoms. The maximum atomic E-state index is 8.00. The molecule has 0 saturated carbocycles. The molecule has 0 aromatic heterocycles. The normalized spacial score (nSPS) is 13.5. The lowest BCUT2D eigenvalue weighted by molar-refractivity contribution is -0.0980. The van der Waals surface area contributed by atoms with Gasteiger partial charge in [0.05, 0.1) is 13.3 Å². The molecule has 0 heterocycles. The van der Waals surface area contributed by atoms with Gasteiger partial charge in [-0.3, -0.25) is 10.2 Å². The zero-order valence-corrected chi connectivity index (χ0v) is 19.4. The number of nitrogens with one attached hydrogen (secondary N) is 1. The number of halogens is 2. The standard InChI is InChI=1S/C19H40Cl2N2O2.CH2O/c1-17(2)6-5-7-18(3)8-15-25-19(23(4)13-11-21)9-14-24-16-22-12-10-20;1-2/h17-19,22H,5-16H2,1-4H3;1H2. The van der Waals surface area contributed by atoms with Crippen LogP contribution in [0.1, 0.15) is 52.9 Å². The van der Waals surface area contributed by atoms with Crippen LogP contribution in [0.2, 0.25) is 0 Å². The van der Waals surface area contributed by atoms with E-state index < -0.39 is 0 Å². The van der Waals surface area contributed by atoms with Crippen molar-refractivity contribution in [3.63, 3.8) is 0 Å². The van der Waals surface area contributed by atoms with E-state index in [-0.39, 0.29) is 6.23 Å². The second kappa shape index (κ2) is 22.4. The Bertz CT molecular complexity index is 300. The molecule has 0 spiro atoms. The molecule has 0 rings (SSSR count). The minimum atomic E-state index is 0.0645. The number of rotatable bonds is 18. The van der Waals surface area contributed by atoms with Gasteiger partial charge in [0.25, 0.3) is 0 Å². The minimum absolute atomic E-state index is 0.0645. The third-order valence-corrected chi connectivity index (χ3v) is 4.67. The van der Waals surface area contributed by atoms with Crippen LogP contribution in [0.5, 0.6) is 0 Å². The Morgan fingerprint density at radius 1 is 1.00 bits per heavy atom. The van der Waals surface area contributed by atoms with Crippen molar-refractivity contribution in [1.29, 1.82) is 0 Å². The summed E-state index contributed by atoms with van der Waals surface area (Å²) in [5.41, 5.74) is 0. The van der Waals surface area contributed by atoms with Gasteiger partial charge in [-0.25, -0.2) is 0 Å². The number of carbonyl (C=O) groups is 1. The van der Waals surface area contributed by atoms with E-state index in [9.17, 15) is 0 Å². The quantitative estimate of drug-likeness (QED) is 0.199. The smallest absolute Gasteiger partial charge is 0.112 e. The SMILES string of the molecule is C=O.CC(C)CCCC(C)CCOC(CCOCNCCCl)N(C)CCCl. The van der Waals surface area contributed by atoms with Crippen LogP contribution in [0.3, 0.4) is 0 Å². The van der Waals surface area contributed by atoms with E-state index in [2.05, 4.69) is 38.0 Å². The van der Waals surface area contributed by atoms with E-state index in [1.165, 1.54) is 19.3 Å². The van der Waals surface area contributed by atoms with Crippen LogP contribution in [-0.2, 0) is 14.3 Å². The maximum absolute atomic E-state index is 8.00. The van der Waals surface area contributed by atoms with Crippen molar-refractivity contribution >= 4 is 30.0 Å². The molecule has 0 aliphatic carbocycles. The zero-order chi connectivity index (χ0) is 20.9. The van der Waals surface area contributed by atoms with Crippen LogP contribution in [0.4, 0.5) is 0 Å². The fourth-order valence-corrected chi connectivity index (χ4v) is 3.00. The van der Waals surface area contributed by atoms with E-state index >= 15 is 0 Å². The van der Waals surface area contributed by atoms with Crippen LogP contribution in [0.25, 0.3) is 0 Å². The van der Waals surface area contributed by atoms with E-state index in [4.69, 9.17) is 37.5 Å². The van der Waals surface area contributed by atoms with Crippen LogP contribution < -0.4 is 5.32 Å². The molecule has 164 valence electrons. The van der Waals surface area contributed by atoms with Crippen molar-refractivity contribution in [2.45, 2.75) is 59.1 Å². The summed E-state index contributed by atoms with van der Waals surface area (Å²) in [6.45, 7) is 12.5. The van der Waals surface area contributed by atoms with Gasteiger partial charge in [-0.05, 0) is 25.3 Å². The number of alkyl halides is 2. The van der Waals surface area contributed by atoms with Crippen molar-refractivity contribution in [2.75, 3.05) is 51.8 Å². The fourth-order valence-electron chi connectivity index (χ4n) is 2.60. The van der Waals surface area contributed by atoms with Gasteiger partial charge in [0.1, 0.15) is 13.0 Å². The Labute approximate surface area is 177 Å². The second-order valence-corrected chi connectivity index (χ2v) is 8.00. The molecule has 0 aliphatic rings. The lowest BCUT2D eigenvalue weighted by Crippen LogP contribution is -2.37. The Hall–Kier alpha value is 0.0900. The van der Waals surface area contributed by atoms with Gasteiger partial charge in [-0.1, -0.05) is 40.0 Å². The highest BCUT2D eigenvalue weighted by Gasteiger charge is 2.15. The predicted molar refractivity (Wildman–Crippen MR) is 117 cm³/mol. The first-order valence-electron chi connectivity index (χ1n) is 10.0. The highest BCUT2D eigenvalue weighted by molar-refractivity contribution is 6.18. The van der Waals surface area contributed by atoms with E-state index in [0.717, 1.165) is 38.5 Å². The van der Waals surface area contributed by atoms with Crippen LogP contribution in [-0.4, -0.2) is 69.8 Å². The van der Waals surface area contributed by atoms with E-state index in [1.54, 1.807) is 0 Å². The molecule has 7 heteroatoms. The van der Waals surface area contributed by atoms with Crippen LogP contribution in [0.15, 0.2) is 0 Å². The first-order chi connectivity index (χ1) is 13.0. The van der Waals surface area contributed by atoms with Gasteiger partial charge < -0.3 is 14.3 Å². The molecule has 0 aromatic rings. The molecular weight excluding hydrogens is 387 g/mol. The van der Waals surface area contributed by atoms with Gasteiger partial charge in [0.15, 0.2) is 0 Å². The summed E-state index contributed by atoms with van der Waals surface area (Å²) in [7, 11) is 2.06. The maximum Gasteiger partial charge on any atom is 0.112 e. The molecule has 0 fully saturated rings. The Morgan fingerprint density at radius 3 is 2.30 bits per heavy atom. The monoisotopic (exact) mass is 428 g/mol. The molecule has 1 N–H and O–H groups in total. The minimum Gasteiger partial charge on any atom is -0.366 e. The largest absolute Gasteiger partial charge is 0.366 e. The van der Waals surface area contributed by atoms with Crippen molar-refractivity contribution in [3.05, 3.63) is 0 Å². The average Bonchev–Trinajstić information content (AvgIpc) is 2.64. The lowest BCUT2D eigenvalue weighted by atomic mass is 9.98. The molecule has 2 atom stereocenters. The molecule has 27 heavy (non-hydrogen) atoms. The van der Waals surface area contributed by atoms with Crippen LogP contribution in [0, 0.1) is 11.8 Å². The van der Waals surface area contributed by atoms with Gasteiger partial charge in [-0.2, -0.15) is 0 Å². The topological polar surface area (TPSA) is 50.8 Å². The summed E-state index contributed by atoms with van der Waals surface area (Å²) in [5.74, 6) is 2.73. The highest BCUT2D eigenvalue weighted by atomic mass is 35.5. The summed E-state index contributed by atoms with van der Waals surface area (Å²) < 4.78 is 11.7. The molecule has 0 aliphatic heterocycles. The number of carbonyl (C=O) groups excluding carboxylic acids is 1. The fraction of sp³-hybridized carbons (Fsp3) is 0.950. The van der Waals surface area contributed by atoms with Gasteiger partial charge in [0, 0.05) is 37.9 Å². The summed E-state index contributed by atoms with van der Waals surface area (Å²) in [4.78, 5) is 10.2. The van der Waals surface area contributed by atoms with Crippen molar-refractivity contribution in [1.82, 2.24) is 10.2 Å². The zero-order valence-electron chi connectivity index (χ0n) is 17.9. The highest BCUT2D eigenvalue weighted by Crippen LogP contribution is 2.16. The van der Waals surface area contributed by atoms with Crippen molar-refractivity contribution < 1.29 is 14.3 Å². The molecule has 5 nitrogen and oxygen atoms in total. The Kier molecular flexibility index (Phi) is 24.3. The third-order valence-electron chi connectivity index (χ3n) is 4.31. The first kappa shape index (κ1) is 29.3. The molecule has 0 radical (unpaired) electrons. The molecule has 2 unspecified atom stereocenters. The molecule has 0 amide bonds. The van der Waals surface area contributed by atoms with Crippen molar-refractivity contribution in [3.8, 4) is 0 Å². The van der Waals surface area contributed by atoms with Crippen LogP contribution >= 0.6 is 23.2 Å². The van der Waals surface area contributed by atoms with E-state index in [1.807, 2.05) is 6.79 Å². The summed E-state index contributed by atoms with van der Waals surface area (Å²) in [6, 6.07) is 0. The Morgan fingerprint density at radius 2 is 1.70 bits per heavy atom. The first-order valence-corrected chi connectivity index (χ1v) is 11.1. The number of hydrogen-bond acceptors (Lipinski definition) is 5.